The van der Waals surface area contributed by atoms with Gasteiger partial charge in [-0.05, 0) is 42.3 Å². The van der Waals surface area contributed by atoms with Gasteiger partial charge in [0.1, 0.15) is 11.5 Å². The van der Waals surface area contributed by atoms with E-state index < -0.39 is 6.10 Å². The van der Waals surface area contributed by atoms with Crippen LogP contribution in [0.4, 0.5) is 0 Å². The van der Waals surface area contributed by atoms with E-state index >= 15 is 0 Å². The summed E-state index contributed by atoms with van der Waals surface area (Å²) in [5.41, 5.74) is 3.40. The molecule has 1 N–H and O–H groups in total. The van der Waals surface area contributed by atoms with Gasteiger partial charge in [-0.3, -0.25) is 4.79 Å². The summed E-state index contributed by atoms with van der Waals surface area (Å²) >= 11 is 9.65. The Bertz CT molecular complexity index is 826. The lowest BCUT2D eigenvalue weighted by molar-refractivity contribution is -0.130. The average Bonchev–Trinajstić information content (AvgIpc) is 2.59. The maximum absolute atomic E-state index is 11.6. The van der Waals surface area contributed by atoms with Gasteiger partial charge in [-0.15, -0.1) is 5.10 Å². The van der Waals surface area contributed by atoms with Gasteiger partial charge in [-0.25, -0.2) is 5.43 Å². The molecular formula is C18H16BrClN2O3. The van der Waals surface area contributed by atoms with E-state index in [1.807, 2.05) is 43.3 Å². The SMILES string of the molecule is CCC1OC(Cc2ccc(Cl)c(Oc3cccc(Br)c3)c2)=NNC1=O. The van der Waals surface area contributed by atoms with Crippen LogP contribution in [0, 0.1) is 0 Å². The number of hydrazone groups is 1. The first-order valence-corrected chi connectivity index (χ1v) is 8.97. The molecule has 5 nitrogen and oxygen atoms in total. The average molecular weight is 424 g/mol. The molecule has 7 heteroatoms. The molecule has 1 aliphatic rings. The van der Waals surface area contributed by atoms with E-state index in [0.29, 0.717) is 35.3 Å². The van der Waals surface area contributed by atoms with Crippen LogP contribution < -0.4 is 10.2 Å². The summed E-state index contributed by atoms with van der Waals surface area (Å²) in [7, 11) is 0. The van der Waals surface area contributed by atoms with Crippen LogP contribution >= 0.6 is 27.5 Å². The molecule has 1 aliphatic heterocycles. The molecule has 1 heterocycles. The zero-order valence-corrected chi connectivity index (χ0v) is 15.8. The highest BCUT2D eigenvalue weighted by molar-refractivity contribution is 9.10. The first-order valence-electron chi connectivity index (χ1n) is 7.80. The first-order chi connectivity index (χ1) is 12.0. The molecular weight excluding hydrogens is 408 g/mol. The number of benzene rings is 2. The monoisotopic (exact) mass is 422 g/mol. The fourth-order valence-corrected chi connectivity index (χ4v) is 2.89. The third-order valence-electron chi connectivity index (χ3n) is 3.61. The number of amides is 1. The van der Waals surface area contributed by atoms with Crippen LogP contribution in [-0.2, 0) is 16.0 Å². The molecule has 1 atom stereocenters. The Morgan fingerprint density at radius 3 is 2.92 bits per heavy atom. The molecule has 25 heavy (non-hydrogen) atoms. The molecule has 0 bridgehead atoms. The fraction of sp³-hybridized carbons (Fsp3) is 0.222. The number of rotatable bonds is 5. The number of nitrogens with zero attached hydrogens (tertiary/aromatic N) is 1. The van der Waals surface area contributed by atoms with Crippen molar-refractivity contribution < 1.29 is 14.3 Å². The Morgan fingerprint density at radius 1 is 1.32 bits per heavy atom. The van der Waals surface area contributed by atoms with Gasteiger partial charge in [0.15, 0.2) is 6.10 Å². The summed E-state index contributed by atoms with van der Waals surface area (Å²) in [4.78, 5) is 11.6. The van der Waals surface area contributed by atoms with Crippen LogP contribution in [0.2, 0.25) is 5.02 Å². The zero-order valence-electron chi connectivity index (χ0n) is 13.5. The van der Waals surface area contributed by atoms with Gasteiger partial charge in [0.05, 0.1) is 11.4 Å². The second kappa shape index (κ2) is 7.89. The summed E-state index contributed by atoms with van der Waals surface area (Å²) in [5.74, 6) is 1.46. The highest BCUT2D eigenvalue weighted by Crippen LogP contribution is 2.31. The van der Waals surface area contributed by atoms with Crippen molar-refractivity contribution in [3.8, 4) is 11.5 Å². The Labute approximate surface area is 159 Å². The molecule has 0 saturated heterocycles. The lowest BCUT2D eigenvalue weighted by atomic mass is 10.1. The van der Waals surface area contributed by atoms with E-state index in [-0.39, 0.29) is 5.91 Å². The van der Waals surface area contributed by atoms with Gasteiger partial charge in [0.2, 0.25) is 5.90 Å². The van der Waals surface area contributed by atoms with E-state index in [9.17, 15) is 4.79 Å². The van der Waals surface area contributed by atoms with Crippen LogP contribution in [0.25, 0.3) is 0 Å². The number of hydrogen-bond acceptors (Lipinski definition) is 4. The molecule has 0 spiro atoms. The fourth-order valence-electron chi connectivity index (χ4n) is 2.35. The van der Waals surface area contributed by atoms with Crippen LogP contribution in [0.5, 0.6) is 11.5 Å². The Kier molecular flexibility index (Phi) is 5.60. The standard InChI is InChI=1S/C18H16BrClN2O3/c1-2-15-18(23)22-21-17(25-15)9-11-6-7-14(20)16(8-11)24-13-5-3-4-12(19)10-13/h3-8,10,15H,2,9H2,1H3,(H,22,23). The van der Waals surface area contributed by atoms with Crippen molar-refractivity contribution in [3.63, 3.8) is 0 Å². The first kappa shape index (κ1) is 17.8. The highest BCUT2D eigenvalue weighted by atomic mass is 79.9. The lowest BCUT2D eigenvalue weighted by Gasteiger charge is -2.21. The molecule has 0 aromatic heterocycles. The number of carbonyl (C=O) groups is 1. The maximum atomic E-state index is 11.6. The van der Waals surface area contributed by atoms with Gasteiger partial charge in [0, 0.05) is 4.47 Å². The van der Waals surface area contributed by atoms with E-state index in [1.165, 1.54) is 0 Å². The largest absolute Gasteiger partial charge is 0.466 e. The summed E-state index contributed by atoms with van der Waals surface area (Å²) in [6, 6.07) is 13.0. The topological polar surface area (TPSA) is 59.9 Å². The minimum absolute atomic E-state index is 0.221. The third-order valence-corrected chi connectivity index (χ3v) is 4.41. The van der Waals surface area contributed by atoms with E-state index in [4.69, 9.17) is 21.1 Å². The van der Waals surface area contributed by atoms with E-state index in [2.05, 4.69) is 26.5 Å². The number of halogens is 2. The van der Waals surface area contributed by atoms with Crippen LogP contribution in [0.15, 0.2) is 52.0 Å². The summed E-state index contributed by atoms with van der Waals surface area (Å²) in [6.07, 6.45) is 0.517. The third kappa shape index (κ3) is 4.52. The Morgan fingerprint density at radius 2 is 2.16 bits per heavy atom. The van der Waals surface area contributed by atoms with E-state index in [1.54, 1.807) is 6.07 Å². The molecule has 1 unspecified atom stereocenters. The second-order valence-electron chi connectivity index (χ2n) is 5.50. The predicted molar refractivity (Wildman–Crippen MR) is 100 cm³/mol. The predicted octanol–water partition coefficient (Wildman–Crippen LogP) is 4.68. The number of carbonyl (C=O) groups excluding carboxylic acids is 1. The van der Waals surface area contributed by atoms with Gasteiger partial charge in [0.25, 0.3) is 5.91 Å². The van der Waals surface area contributed by atoms with Gasteiger partial charge < -0.3 is 9.47 Å². The molecule has 3 rings (SSSR count). The maximum Gasteiger partial charge on any atom is 0.281 e. The summed E-state index contributed by atoms with van der Waals surface area (Å²) in [6.45, 7) is 1.89. The Hall–Kier alpha value is -2.05. The molecule has 2 aromatic rings. The molecule has 0 aliphatic carbocycles. The van der Waals surface area contributed by atoms with Gasteiger partial charge >= 0.3 is 0 Å². The number of nitrogens with one attached hydrogen (secondary N) is 1. The minimum Gasteiger partial charge on any atom is -0.466 e. The summed E-state index contributed by atoms with van der Waals surface area (Å²) in [5, 5.41) is 4.48. The molecule has 0 saturated carbocycles. The van der Waals surface area contributed by atoms with Crippen molar-refractivity contribution >= 4 is 39.3 Å². The lowest BCUT2D eigenvalue weighted by Crippen LogP contribution is -2.40. The number of ether oxygens (including phenoxy) is 2. The normalized spacial score (nSPS) is 16.7. The minimum atomic E-state index is -0.503. The smallest absolute Gasteiger partial charge is 0.281 e. The highest BCUT2D eigenvalue weighted by Gasteiger charge is 2.24. The van der Waals surface area contributed by atoms with Crippen molar-refractivity contribution in [2.45, 2.75) is 25.9 Å². The molecule has 1 amide bonds. The van der Waals surface area contributed by atoms with Crippen LogP contribution in [-0.4, -0.2) is 17.9 Å². The van der Waals surface area contributed by atoms with Crippen molar-refractivity contribution in [1.29, 1.82) is 0 Å². The van der Waals surface area contributed by atoms with Gasteiger partial charge in [-0.2, -0.15) is 0 Å². The van der Waals surface area contributed by atoms with E-state index in [0.717, 1.165) is 10.0 Å². The molecule has 0 fully saturated rings. The Balaban J connectivity index is 1.76. The van der Waals surface area contributed by atoms with Gasteiger partial charge in [-0.1, -0.05) is 46.6 Å². The van der Waals surface area contributed by atoms with Crippen molar-refractivity contribution in [2.75, 3.05) is 0 Å². The van der Waals surface area contributed by atoms with Crippen molar-refractivity contribution in [1.82, 2.24) is 5.43 Å². The van der Waals surface area contributed by atoms with Crippen molar-refractivity contribution in [3.05, 3.63) is 57.5 Å². The molecule has 0 radical (unpaired) electrons. The second-order valence-corrected chi connectivity index (χ2v) is 6.82. The van der Waals surface area contributed by atoms with Crippen LogP contribution in [0.1, 0.15) is 18.9 Å². The van der Waals surface area contributed by atoms with Crippen LogP contribution in [0.3, 0.4) is 0 Å². The number of hydrogen-bond donors (Lipinski definition) is 1. The summed E-state index contributed by atoms with van der Waals surface area (Å²) < 4.78 is 12.4. The zero-order chi connectivity index (χ0) is 17.8. The quantitative estimate of drug-likeness (QED) is 0.760. The molecule has 130 valence electrons. The molecule has 2 aromatic carbocycles. The van der Waals surface area contributed by atoms with Crippen molar-refractivity contribution in [2.24, 2.45) is 5.10 Å².